The molecule has 11 heteroatoms. The summed E-state index contributed by atoms with van der Waals surface area (Å²) in [7, 11) is 3.35. The van der Waals surface area contributed by atoms with Gasteiger partial charge in [0.1, 0.15) is 11.4 Å². The van der Waals surface area contributed by atoms with Gasteiger partial charge in [0.25, 0.3) is 5.91 Å². The molecule has 1 fully saturated rings. The first-order valence-corrected chi connectivity index (χ1v) is 13.6. The highest BCUT2D eigenvalue weighted by atomic mass is 32.2. The summed E-state index contributed by atoms with van der Waals surface area (Å²) in [6, 6.07) is 5.53. The molecule has 2 N–H and O–H groups in total. The van der Waals surface area contributed by atoms with Gasteiger partial charge in [0.05, 0.1) is 31.0 Å². The number of thioether (sulfide) groups is 1. The summed E-state index contributed by atoms with van der Waals surface area (Å²) in [6.07, 6.45) is 6.24. The first kappa shape index (κ1) is 25.3. The van der Waals surface area contributed by atoms with E-state index in [9.17, 15) is 9.59 Å². The van der Waals surface area contributed by atoms with Crippen molar-refractivity contribution in [1.82, 2.24) is 15.3 Å². The van der Waals surface area contributed by atoms with Crippen molar-refractivity contribution in [1.29, 1.82) is 0 Å². The summed E-state index contributed by atoms with van der Waals surface area (Å²) < 4.78 is 5.58. The number of hydrogen-bond donors (Lipinski definition) is 2. The molecule has 0 atom stereocenters. The Morgan fingerprint density at radius 1 is 1.24 bits per heavy atom. The Morgan fingerprint density at radius 3 is 2.73 bits per heavy atom. The average Bonchev–Trinajstić information content (AvgIpc) is 3.60. The average molecular weight is 524 g/mol. The Morgan fingerprint density at radius 2 is 2.03 bits per heavy atom. The van der Waals surface area contributed by atoms with Crippen LogP contribution in [0, 0.1) is 5.41 Å². The first-order valence-electron chi connectivity index (χ1n) is 12.6. The van der Waals surface area contributed by atoms with E-state index in [4.69, 9.17) is 9.72 Å². The number of carbonyl (C=O) groups excluding carboxylic acids is 2. The van der Waals surface area contributed by atoms with Gasteiger partial charge in [-0.3, -0.25) is 14.6 Å². The van der Waals surface area contributed by atoms with E-state index < -0.39 is 5.41 Å². The molecule has 0 spiro atoms. The minimum Gasteiger partial charge on any atom is -0.495 e. The van der Waals surface area contributed by atoms with E-state index in [-0.39, 0.29) is 11.8 Å². The number of methoxy groups -OCH3 is 1. The molecule has 10 nitrogen and oxygen atoms in total. The lowest BCUT2D eigenvalue weighted by Gasteiger charge is -2.34. The molecule has 2 aliphatic heterocycles. The van der Waals surface area contributed by atoms with Crippen LogP contribution < -0.4 is 25.2 Å². The Labute approximate surface area is 221 Å². The Hall–Kier alpha value is -3.34. The number of nitrogens with one attached hydrogen (secondary N) is 2. The molecule has 1 aliphatic carbocycles. The number of fused-ring (bicyclic) bond motifs is 1. The standard InChI is InChI=1S/C26H33N7O3S/c1-26(2)15-33(17-7-5-6-8-17)21-19(32(3)23(26)35)14-28-24(30-21)29-18-10-9-16(13-20(18)36-4)22(34)31-25-27-11-12-37-25/h9-10,13-14,17H,5-8,11-12,15H2,1-4H3,(H,27,31,34)(H,28,29,30). The third kappa shape index (κ3) is 5.09. The van der Waals surface area contributed by atoms with Crippen molar-refractivity contribution in [3.63, 3.8) is 0 Å². The summed E-state index contributed by atoms with van der Waals surface area (Å²) in [4.78, 5) is 43.5. The SMILES string of the molecule is COc1cc(C(=O)NC2=NCCS2)ccc1Nc1ncc2c(n1)N(C1CCCC1)CC(C)(C)C(=O)N2C. The van der Waals surface area contributed by atoms with Gasteiger partial charge in [-0.05, 0) is 44.9 Å². The molecule has 3 aliphatic rings. The van der Waals surface area contributed by atoms with Crippen LogP contribution in [0.3, 0.4) is 0 Å². The molecule has 1 saturated carbocycles. The largest absolute Gasteiger partial charge is 0.495 e. The van der Waals surface area contributed by atoms with Gasteiger partial charge in [-0.15, -0.1) is 0 Å². The summed E-state index contributed by atoms with van der Waals surface area (Å²) in [5, 5.41) is 6.73. The molecule has 196 valence electrons. The number of aliphatic imine (C=N–C) groups is 1. The molecule has 0 unspecified atom stereocenters. The molecule has 1 aromatic heterocycles. The van der Waals surface area contributed by atoms with E-state index in [1.807, 2.05) is 13.8 Å². The van der Waals surface area contributed by atoms with Crippen LogP contribution in [-0.4, -0.2) is 66.0 Å². The lowest BCUT2D eigenvalue weighted by atomic mass is 9.91. The van der Waals surface area contributed by atoms with Gasteiger partial charge in [0.2, 0.25) is 11.9 Å². The molecule has 0 saturated heterocycles. The van der Waals surface area contributed by atoms with Crippen molar-refractivity contribution < 1.29 is 14.3 Å². The smallest absolute Gasteiger partial charge is 0.257 e. The second kappa shape index (κ2) is 10.2. The van der Waals surface area contributed by atoms with Crippen molar-refractivity contribution in [2.45, 2.75) is 45.6 Å². The van der Waals surface area contributed by atoms with Crippen molar-refractivity contribution in [3.8, 4) is 5.75 Å². The molecule has 5 rings (SSSR count). The van der Waals surface area contributed by atoms with Crippen LogP contribution in [0.1, 0.15) is 49.9 Å². The number of hydrogen-bond acceptors (Lipinski definition) is 9. The molecule has 0 radical (unpaired) electrons. The maximum absolute atomic E-state index is 13.2. The highest BCUT2D eigenvalue weighted by Gasteiger charge is 2.41. The number of rotatable bonds is 5. The van der Waals surface area contributed by atoms with E-state index >= 15 is 0 Å². The molecule has 0 bridgehead atoms. The van der Waals surface area contributed by atoms with Gasteiger partial charge in [-0.1, -0.05) is 24.6 Å². The number of benzene rings is 1. The van der Waals surface area contributed by atoms with Crippen molar-refractivity contribution in [3.05, 3.63) is 30.0 Å². The minimum atomic E-state index is -0.548. The second-order valence-electron chi connectivity index (χ2n) is 10.2. The quantitative estimate of drug-likeness (QED) is 0.609. The molecule has 3 heterocycles. The van der Waals surface area contributed by atoms with Gasteiger partial charge in [-0.25, -0.2) is 4.98 Å². The molecule has 1 aromatic carbocycles. The summed E-state index contributed by atoms with van der Waals surface area (Å²) in [5.74, 6) is 2.35. The molecule has 37 heavy (non-hydrogen) atoms. The van der Waals surface area contributed by atoms with Crippen LogP contribution in [0.5, 0.6) is 5.75 Å². The maximum Gasteiger partial charge on any atom is 0.257 e. The number of amidine groups is 1. The summed E-state index contributed by atoms with van der Waals surface area (Å²) in [6.45, 7) is 5.30. The highest BCUT2D eigenvalue weighted by Crippen LogP contribution is 2.40. The van der Waals surface area contributed by atoms with Crippen LogP contribution in [-0.2, 0) is 4.79 Å². The van der Waals surface area contributed by atoms with Crippen LogP contribution in [0.4, 0.5) is 23.1 Å². The number of amides is 2. The first-order chi connectivity index (χ1) is 17.8. The molecule has 2 aromatic rings. The summed E-state index contributed by atoms with van der Waals surface area (Å²) in [5.41, 5.74) is 1.26. The van der Waals surface area contributed by atoms with Gasteiger partial charge in [-0.2, -0.15) is 4.98 Å². The predicted octanol–water partition coefficient (Wildman–Crippen LogP) is 3.81. The van der Waals surface area contributed by atoms with Crippen LogP contribution >= 0.6 is 11.8 Å². The summed E-state index contributed by atoms with van der Waals surface area (Å²) >= 11 is 1.53. The third-order valence-corrected chi connectivity index (χ3v) is 8.01. The Kier molecular flexibility index (Phi) is 6.98. The van der Waals surface area contributed by atoms with E-state index in [1.165, 1.54) is 24.6 Å². The van der Waals surface area contributed by atoms with Gasteiger partial charge in [0, 0.05) is 31.0 Å². The van der Waals surface area contributed by atoms with Gasteiger partial charge < -0.3 is 25.2 Å². The number of aromatic nitrogens is 2. The monoisotopic (exact) mass is 523 g/mol. The molecule has 2 amide bonds. The fraction of sp³-hybridized carbons (Fsp3) is 0.500. The number of ether oxygens (including phenoxy) is 1. The minimum absolute atomic E-state index is 0.0519. The van der Waals surface area contributed by atoms with Crippen molar-refractivity contribution >= 4 is 51.9 Å². The van der Waals surface area contributed by atoms with E-state index in [1.54, 1.807) is 43.5 Å². The second-order valence-corrected chi connectivity index (χ2v) is 11.3. The van der Waals surface area contributed by atoms with E-state index in [0.717, 1.165) is 24.4 Å². The van der Waals surface area contributed by atoms with E-state index in [2.05, 4.69) is 25.5 Å². The predicted molar refractivity (Wildman–Crippen MR) is 147 cm³/mol. The zero-order valence-corrected chi connectivity index (χ0v) is 22.5. The third-order valence-electron chi connectivity index (χ3n) is 7.11. The Balaban J connectivity index is 1.44. The number of anilines is 4. The van der Waals surface area contributed by atoms with Crippen molar-refractivity contribution in [2.75, 3.05) is 48.1 Å². The number of carbonyl (C=O) groups is 2. The lowest BCUT2D eigenvalue weighted by Crippen LogP contribution is -2.45. The fourth-order valence-electron chi connectivity index (χ4n) is 5.16. The van der Waals surface area contributed by atoms with E-state index in [0.29, 0.717) is 52.9 Å². The van der Waals surface area contributed by atoms with Gasteiger partial charge >= 0.3 is 0 Å². The molecular formula is C26H33N7O3S. The molecular weight excluding hydrogens is 490 g/mol. The maximum atomic E-state index is 13.2. The Bertz CT molecular complexity index is 1240. The van der Waals surface area contributed by atoms with Crippen LogP contribution in [0.15, 0.2) is 29.4 Å². The zero-order chi connectivity index (χ0) is 26.2. The van der Waals surface area contributed by atoms with Gasteiger partial charge in [0.15, 0.2) is 11.0 Å². The number of nitrogens with zero attached hydrogens (tertiary/aromatic N) is 5. The lowest BCUT2D eigenvalue weighted by molar-refractivity contribution is -0.125. The fourth-order valence-corrected chi connectivity index (χ4v) is 5.88. The van der Waals surface area contributed by atoms with Crippen LogP contribution in [0.25, 0.3) is 0 Å². The van der Waals surface area contributed by atoms with Crippen LogP contribution in [0.2, 0.25) is 0 Å². The highest BCUT2D eigenvalue weighted by molar-refractivity contribution is 8.14. The zero-order valence-electron chi connectivity index (χ0n) is 21.7. The van der Waals surface area contributed by atoms with Crippen molar-refractivity contribution in [2.24, 2.45) is 10.4 Å². The normalized spacial score (nSPS) is 19.4. The topological polar surface area (TPSA) is 112 Å².